The number of aliphatic hydroxyl groups excluding tert-OH is 2. The molecule has 1 heterocycles. The Labute approximate surface area is 98.5 Å². The molecule has 6 heteroatoms. The van der Waals surface area contributed by atoms with Gasteiger partial charge in [0.15, 0.2) is 12.4 Å². The average molecular weight is 238 g/mol. The molecule has 1 amide bonds. The lowest BCUT2D eigenvalue weighted by molar-refractivity contribution is -0.148. The van der Waals surface area contributed by atoms with Gasteiger partial charge in [-0.3, -0.25) is 9.78 Å². The number of hydrogen-bond donors (Lipinski definition) is 2. The third-order valence-corrected chi connectivity index (χ3v) is 2.22. The quantitative estimate of drug-likeness (QED) is 0.639. The lowest BCUT2D eigenvalue weighted by atomic mass is 10.2. The minimum Gasteiger partial charge on any atom is -0.382 e. The molecule has 0 bridgehead atoms. The summed E-state index contributed by atoms with van der Waals surface area (Å²) in [5, 5.41) is 18.4. The first-order valence-corrected chi connectivity index (χ1v) is 5.02. The molecule has 0 aliphatic rings. The van der Waals surface area contributed by atoms with E-state index in [0.717, 1.165) is 0 Å². The summed E-state index contributed by atoms with van der Waals surface area (Å²) in [6, 6.07) is 5.25. The van der Waals surface area contributed by atoms with Crippen molar-refractivity contribution in [3.8, 4) is 0 Å². The third-order valence-electron chi connectivity index (χ3n) is 2.22. The van der Waals surface area contributed by atoms with Gasteiger partial charge in [-0.05, 0) is 12.1 Å². The molecule has 2 N–H and O–H groups in total. The van der Waals surface area contributed by atoms with Gasteiger partial charge in [0.1, 0.15) is 6.10 Å². The van der Waals surface area contributed by atoms with Gasteiger partial charge in [0.25, 0.3) is 5.91 Å². The fourth-order valence-electron chi connectivity index (χ4n) is 1.26. The van der Waals surface area contributed by atoms with Gasteiger partial charge in [0.05, 0.1) is 12.2 Å². The van der Waals surface area contributed by atoms with Crippen LogP contribution in [0.1, 0.15) is 5.69 Å². The summed E-state index contributed by atoms with van der Waals surface area (Å²) in [4.78, 5) is 27.0. The SMILES string of the molecule is CN(Cc1ccccn1)C(=O)[C@H](O)[C@@H](O)C=O. The van der Waals surface area contributed by atoms with Gasteiger partial charge in [-0.2, -0.15) is 0 Å². The number of likely N-dealkylation sites (N-methyl/N-ethyl adjacent to an activating group) is 1. The Morgan fingerprint density at radius 3 is 2.76 bits per heavy atom. The van der Waals surface area contributed by atoms with Gasteiger partial charge in [0.2, 0.25) is 0 Å². The van der Waals surface area contributed by atoms with Gasteiger partial charge < -0.3 is 19.9 Å². The third kappa shape index (κ3) is 3.61. The minimum absolute atomic E-state index is 0.122. The molecule has 2 atom stereocenters. The predicted molar refractivity (Wildman–Crippen MR) is 58.8 cm³/mol. The molecule has 0 radical (unpaired) electrons. The first kappa shape index (κ1) is 13.3. The zero-order valence-corrected chi connectivity index (χ0v) is 9.35. The molecule has 0 aromatic carbocycles. The Kier molecular flexibility index (Phi) is 4.74. The van der Waals surface area contributed by atoms with Gasteiger partial charge in [-0.1, -0.05) is 6.07 Å². The van der Waals surface area contributed by atoms with E-state index >= 15 is 0 Å². The molecule has 1 rings (SSSR count). The van der Waals surface area contributed by atoms with Crippen molar-refractivity contribution >= 4 is 12.2 Å². The van der Waals surface area contributed by atoms with E-state index < -0.39 is 18.1 Å². The van der Waals surface area contributed by atoms with E-state index in [2.05, 4.69) is 4.98 Å². The van der Waals surface area contributed by atoms with Crippen molar-refractivity contribution in [1.82, 2.24) is 9.88 Å². The first-order chi connectivity index (χ1) is 8.06. The van der Waals surface area contributed by atoms with Crippen LogP contribution in [-0.4, -0.2) is 51.5 Å². The molecule has 0 unspecified atom stereocenters. The fourth-order valence-corrected chi connectivity index (χ4v) is 1.26. The van der Waals surface area contributed by atoms with Crippen LogP contribution in [-0.2, 0) is 16.1 Å². The molecular weight excluding hydrogens is 224 g/mol. The molecule has 6 nitrogen and oxygen atoms in total. The van der Waals surface area contributed by atoms with E-state index in [1.807, 2.05) is 0 Å². The van der Waals surface area contributed by atoms with Crippen molar-refractivity contribution in [3.05, 3.63) is 30.1 Å². The lowest BCUT2D eigenvalue weighted by Crippen LogP contribution is -2.43. The topological polar surface area (TPSA) is 90.7 Å². The molecule has 1 aromatic rings. The Bertz CT molecular complexity index is 382. The Hall–Kier alpha value is -1.79. The number of aldehydes is 1. The Balaban J connectivity index is 2.61. The van der Waals surface area contributed by atoms with Crippen molar-refractivity contribution in [2.75, 3.05) is 7.05 Å². The number of aliphatic hydroxyl groups is 2. The van der Waals surface area contributed by atoms with E-state index in [0.29, 0.717) is 5.69 Å². The van der Waals surface area contributed by atoms with E-state index in [1.165, 1.54) is 11.9 Å². The van der Waals surface area contributed by atoms with Crippen LogP contribution in [0.25, 0.3) is 0 Å². The first-order valence-electron chi connectivity index (χ1n) is 5.02. The number of rotatable bonds is 5. The normalized spacial score (nSPS) is 13.8. The van der Waals surface area contributed by atoms with Crippen LogP contribution in [0.15, 0.2) is 24.4 Å². The van der Waals surface area contributed by atoms with Crippen molar-refractivity contribution in [2.24, 2.45) is 0 Å². The van der Waals surface area contributed by atoms with E-state index in [9.17, 15) is 14.7 Å². The largest absolute Gasteiger partial charge is 0.382 e. The van der Waals surface area contributed by atoms with Crippen molar-refractivity contribution in [1.29, 1.82) is 0 Å². The number of amides is 1. The number of hydrogen-bond acceptors (Lipinski definition) is 5. The monoisotopic (exact) mass is 238 g/mol. The van der Waals surface area contributed by atoms with Crippen molar-refractivity contribution in [2.45, 2.75) is 18.8 Å². The summed E-state index contributed by atoms with van der Waals surface area (Å²) in [5.41, 5.74) is 0.649. The molecule has 0 spiro atoms. The highest BCUT2D eigenvalue weighted by Crippen LogP contribution is 2.03. The van der Waals surface area contributed by atoms with Crippen LogP contribution < -0.4 is 0 Å². The average Bonchev–Trinajstić information content (AvgIpc) is 2.37. The van der Waals surface area contributed by atoms with Gasteiger partial charge in [-0.25, -0.2) is 0 Å². The van der Waals surface area contributed by atoms with Crippen LogP contribution in [0.5, 0.6) is 0 Å². The summed E-state index contributed by atoms with van der Waals surface area (Å²) >= 11 is 0. The smallest absolute Gasteiger partial charge is 0.254 e. The molecular formula is C11H14N2O4. The number of aromatic nitrogens is 1. The molecule has 17 heavy (non-hydrogen) atoms. The molecule has 0 aliphatic carbocycles. The summed E-state index contributed by atoms with van der Waals surface area (Å²) in [6.07, 6.45) is -1.73. The highest BCUT2D eigenvalue weighted by molar-refractivity contribution is 5.84. The summed E-state index contributed by atoms with van der Waals surface area (Å²) < 4.78 is 0. The van der Waals surface area contributed by atoms with Crippen molar-refractivity contribution < 1.29 is 19.8 Å². The maximum atomic E-state index is 11.6. The van der Waals surface area contributed by atoms with E-state index in [1.54, 1.807) is 24.4 Å². The second-order valence-electron chi connectivity index (χ2n) is 3.59. The van der Waals surface area contributed by atoms with Crippen LogP contribution in [0, 0.1) is 0 Å². The fraction of sp³-hybridized carbons (Fsp3) is 0.364. The Morgan fingerprint density at radius 2 is 2.24 bits per heavy atom. The number of carbonyl (C=O) groups excluding carboxylic acids is 2. The molecule has 0 saturated carbocycles. The summed E-state index contributed by atoms with van der Waals surface area (Å²) in [6.45, 7) is 0.197. The molecule has 1 aromatic heterocycles. The maximum Gasteiger partial charge on any atom is 0.254 e. The predicted octanol–water partition coefficient (Wildman–Crippen LogP) is -1.04. The second-order valence-corrected chi connectivity index (χ2v) is 3.59. The number of carbonyl (C=O) groups is 2. The van der Waals surface area contributed by atoms with Crippen LogP contribution in [0.4, 0.5) is 0 Å². The number of pyridine rings is 1. The highest BCUT2D eigenvalue weighted by Gasteiger charge is 2.26. The van der Waals surface area contributed by atoms with Gasteiger partial charge >= 0.3 is 0 Å². The maximum absolute atomic E-state index is 11.6. The molecule has 92 valence electrons. The van der Waals surface area contributed by atoms with Gasteiger partial charge in [-0.15, -0.1) is 0 Å². The molecule has 0 saturated heterocycles. The van der Waals surface area contributed by atoms with Crippen LogP contribution >= 0.6 is 0 Å². The lowest BCUT2D eigenvalue weighted by Gasteiger charge is -2.21. The summed E-state index contributed by atoms with van der Waals surface area (Å²) in [7, 11) is 1.46. The Morgan fingerprint density at radius 1 is 1.53 bits per heavy atom. The summed E-state index contributed by atoms with van der Waals surface area (Å²) in [5.74, 6) is -0.727. The van der Waals surface area contributed by atoms with Crippen molar-refractivity contribution in [3.63, 3.8) is 0 Å². The highest BCUT2D eigenvalue weighted by atomic mass is 16.3. The van der Waals surface area contributed by atoms with E-state index in [-0.39, 0.29) is 12.8 Å². The zero-order chi connectivity index (χ0) is 12.8. The number of nitrogens with zero attached hydrogens (tertiary/aromatic N) is 2. The minimum atomic E-state index is -1.73. The molecule has 0 aliphatic heterocycles. The zero-order valence-electron chi connectivity index (χ0n) is 9.35. The second kappa shape index (κ2) is 6.07. The standard InChI is InChI=1S/C11H14N2O4/c1-13(6-8-4-2-3-5-12-8)11(17)10(16)9(15)7-14/h2-5,7,9-10,15-16H,6H2,1H3/t9-,10+/m0/s1. The molecule has 0 fully saturated rings. The van der Waals surface area contributed by atoms with Crippen LogP contribution in [0.3, 0.4) is 0 Å². The van der Waals surface area contributed by atoms with Gasteiger partial charge in [0, 0.05) is 13.2 Å². The van der Waals surface area contributed by atoms with Crippen LogP contribution in [0.2, 0.25) is 0 Å². The van der Waals surface area contributed by atoms with E-state index in [4.69, 9.17) is 5.11 Å².